The van der Waals surface area contributed by atoms with Crippen LogP contribution in [-0.4, -0.2) is 30.7 Å². The predicted octanol–water partition coefficient (Wildman–Crippen LogP) is 3.02. The number of benzene rings is 2. The third-order valence-corrected chi connectivity index (χ3v) is 4.92. The lowest BCUT2D eigenvalue weighted by atomic mass is 10.2. The summed E-state index contributed by atoms with van der Waals surface area (Å²) < 4.78 is 12.8. The molecule has 1 heterocycles. The van der Waals surface area contributed by atoms with Crippen molar-refractivity contribution in [2.75, 3.05) is 14.2 Å². The SMILES string of the molecule is COC(=O)CCn1c(=NC(=O)c2ccccc2)sc2cc(OC)ccc21. The van der Waals surface area contributed by atoms with Gasteiger partial charge >= 0.3 is 5.97 Å². The maximum atomic E-state index is 12.5. The van der Waals surface area contributed by atoms with Crippen molar-refractivity contribution in [2.45, 2.75) is 13.0 Å². The van der Waals surface area contributed by atoms with Crippen LogP contribution in [0.4, 0.5) is 0 Å². The molecule has 6 nitrogen and oxygen atoms in total. The number of hydrogen-bond donors (Lipinski definition) is 0. The van der Waals surface area contributed by atoms with Gasteiger partial charge in [0.15, 0.2) is 4.80 Å². The second-order valence-corrected chi connectivity index (χ2v) is 6.49. The van der Waals surface area contributed by atoms with Crippen LogP contribution < -0.4 is 9.54 Å². The molecule has 0 N–H and O–H groups in total. The fourth-order valence-corrected chi connectivity index (χ4v) is 3.60. The minimum Gasteiger partial charge on any atom is -0.497 e. The van der Waals surface area contributed by atoms with E-state index in [0.717, 1.165) is 16.0 Å². The van der Waals surface area contributed by atoms with E-state index in [1.54, 1.807) is 31.4 Å². The highest BCUT2D eigenvalue weighted by Crippen LogP contribution is 2.23. The van der Waals surface area contributed by atoms with E-state index < -0.39 is 0 Å². The van der Waals surface area contributed by atoms with Gasteiger partial charge in [-0.3, -0.25) is 9.59 Å². The lowest BCUT2D eigenvalue weighted by molar-refractivity contribution is -0.140. The van der Waals surface area contributed by atoms with Crippen LogP contribution in [0.15, 0.2) is 53.5 Å². The Hall–Kier alpha value is -2.93. The Morgan fingerprint density at radius 3 is 2.58 bits per heavy atom. The minimum atomic E-state index is -0.323. The van der Waals surface area contributed by atoms with E-state index in [1.807, 2.05) is 28.8 Å². The van der Waals surface area contributed by atoms with Crippen molar-refractivity contribution in [3.8, 4) is 5.75 Å². The average molecular weight is 370 g/mol. The highest BCUT2D eigenvalue weighted by Gasteiger charge is 2.11. The molecule has 0 radical (unpaired) electrons. The van der Waals surface area contributed by atoms with Crippen LogP contribution in [0.2, 0.25) is 0 Å². The van der Waals surface area contributed by atoms with Gasteiger partial charge in [0.1, 0.15) is 5.75 Å². The number of ether oxygens (including phenoxy) is 2. The molecular weight excluding hydrogens is 352 g/mol. The molecule has 0 saturated carbocycles. The number of rotatable bonds is 5. The second kappa shape index (κ2) is 7.97. The van der Waals surface area contributed by atoms with Gasteiger partial charge in [-0.2, -0.15) is 4.99 Å². The third kappa shape index (κ3) is 3.83. The zero-order chi connectivity index (χ0) is 18.5. The van der Waals surface area contributed by atoms with Gasteiger partial charge in [-0.1, -0.05) is 29.5 Å². The smallest absolute Gasteiger partial charge is 0.307 e. The Morgan fingerprint density at radius 2 is 1.88 bits per heavy atom. The van der Waals surface area contributed by atoms with Gasteiger partial charge < -0.3 is 14.0 Å². The summed E-state index contributed by atoms with van der Waals surface area (Å²) in [6.07, 6.45) is 0.196. The van der Waals surface area contributed by atoms with E-state index in [9.17, 15) is 9.59 Å². The van der Waals surface area contributed by atoms with Crippen molar-refractivity contribution in [3.63, 3.8) is 0 Å². The highest BCUT2D eigenvalue weighted by atomic mass is 32.1. The Balaban J connectivity index is 2.08. The van der Waals surface area contributed by atoms with E-state index in [-0.39, 0.29) is 18.3 Å². The largest absolute Gasteiger partial charge is 0.497 e. The lowest BCUT2D eigenvalue weighted by Gasteiger charge is -2.05. The summed E-state index contributed by atoms with van der Waals surface area (Å²) in [5.74, 6) is 0.0847. The van der Waals surface area contributed by atoms with Gasteiger partial charge in [0, 0.05) is 12.1 Å². The fourth-order valence-electron chi connectivity index (χ4n) is 2.52. The van der Waals surface area contributed by atoms with E-state index in [2.05, 4.69) is 4.99 Å². The van der Waals surface area contributed by atoms with E-state index in [1.165, 1.54) is 18.4 Å². The third-order valence-electron chi connectivity index (χ3n) is 3.88. The summed E-state index contributed by atoms with van der Waals surface area (Å²) in [7, 11) is 2.96. The summed E-state index contributed by atoms with van der Waals surface area (Å²) in [4.78, 5) is 28.8. The topological polar surface area (TPSA) is 69.9 Å². The summed E-state index contributed by atoms with van der Waals surface area (Å²) >= 11 is 1.38. The number of carbonyl (C=O) groups is 2. The monoisotopic (exact) mass is 370 g/mol. The molecule has 0 fully saturated rings. The van der Waals surface area contributed by atoms with Gasteiger partial charge in [-0.15, -0.1) is 0 Å². The van der Waals surface area contributed by atoms with Crippen LogP contribution in [0.1, 0.15) is 16.8 Å². The van der Waals surface area contributed by atoms with E-state index in [4.69, 9.17) is 9.47 Å². The van der Waals surface area contributed by atoms with Crippen molar-refractivity contribution in [1.82, 2.24) is 4.57 Å². The molecule has 0 saturated heterocycles. The number of esters is 1. The normalized spacial score (nSPS) is 11.5. The van der Waals surface area contributed by atoms with Crippen LogP contribution in [0.25, 0.3) is 10.2 Å². The van der Waals surface area contributed by atoms with Gasteiger partial charge in [0.2, 0.25) is 0 Å². The molecule has 3 rings (SSSR count). The van der Waals surface area contributed by atoms with Crippen LogP contribution in [0, 0.1) is 0 Å². The first kappa shape index (κ1) is 17.9. The lowest BCUT2D eigenvalue weighted by Crippen LogP contribution is -2.19. The van der Waals surface area contributed by atoms with Crippen molar-refractivity contribution in [3.05, 3.63) is 58.9 Å². The summed E-state index contributed by atoms with van der Waals surface area (Å²) in [5.41, 5.74) is 1.40. The molecule has 0 aliphatic carbocycles. The van der Waals surface area contributed by atoms with Crippen molar-refractivity contribution in [2.24, 2.45) is 4.99 Å². The van der Waals surface area contributed by atoms with Crippen molar-refractivity contribution >= 4 is 33.4 Å². The first-order valence-electron chi connectivity index (χ1n) is 8.00. The summed E-state index contributed by atoms with van der Waals surface area (Å²) in [6, 6.07) is 14.5. The first-order valence-corrected chi connectivity index (χ1v) is 8.82. The number of thiazole rings is 1. The standard InChI is InChI=1S/C19H18N2O4S/c1-24-14-8-9-15-16(12-14)26-19(21(15)11-10-17(22)25-2)20-18(23)13-6-4-3-5-7-13/h3-9,12H,10-11H2,1-2H3. The number of fused-ring (bicyclic) bond motifs is 1. The van der Waals surface area contributed by atoms with Crippen LogP contribution in [0.5, 0.6) is 5.75 Å². The average Bonchev–Trinajstić information content (AvgIpc) is 3.02. The molecule has 134 valence electrons. The quantitative estimate of drug-likeness (QED) is 0.648. The molecule has 0 atom stereocenters. The maximum Gasteiger partial charge on any atom is 0.307 e. The fraction of sp³-hybridized carbons (Fsp3) is 0.211. The summed E-state index contributed by atoms with van der Waals surface area (Å²) in [6.45, 7) is 0.375. The van der Waals surface area contributed by atoms with Crippen LogP contribution >= 0.6 is 11.3 Å². The Labute approximate surface area is 154 Å². The predicted molar refractivity (Wildman–Crippen MR) is 99.3 cm³/mol. The van der Waals surface area contributed by atoms with E-state index >= 15 is 0 Å². The molecule has 2 aromatic carbocycles. The van der Waals surface area contributed by atoms with Crippen LogP contribution in [-0.2, 0) is 16.1 Å². The number of carbonyl (C=O) groups excluding carboxylic acids is 2. The molecule has 0 aliphatic rings. The molecule has 0 unspecified atom stereocenters. The molecule has 1 amide bonds. The van der Waals surface area contributed by atoms with Crippen LogP contribution in [0.3, 0.4) is 0 Å². The Kier molecular flexibility index (Phi) is 5.48. The molecule has 26 heavy (non-hydrogen) atoms. The van der Waals surface area contributed by atoms with Gasteiger partial charge in [0.25, 0.3) is 5.91 Å². The summed E-state index contributed by atoms with van der Waals surface area (Å²) in [5, 5.41) is 0. The number of aryl methyl sites for hydroxylation is 1. The molecule has 1 aromatic heterocycles. The highest BCUT2D eigenvalue weighted by molar-refractivity contribution is 7.16. The van der Waals surface area contributed by atoms with Gasteiger partial charge in [0.05, 0.1) is 30.9 Å². The zero-order valence-corrected chi connectivity index (χ0v) is 15.3. The molecule has 3 aromatic rings. The van der Waals surface area contributed by atoms with E-state index in [0.29, 0.717) is 16.9 Å². The van der Waals surface area contributed by atoms with Crippen molar-refractivity contribution < 1.29 is 19.1 Å². The molecule has 7 heteroatoms. The Bertz CT molecular complexity index is 1010. The Morgan fingerprint density at radius 1 is 1.12 bits per heavy atom. The molecule has 0 bridgehead atoms. The molecule has 0 aliphatic heterocycles. The number of nitrogens with zero attached hydrogens (tertiary/aromatic N) is 2. The maximum absolute atomic E-state index is 12.5. The minimum absolute atomic E-state index is 0.196. The number of hydrogen-bond acceptors (Lipinski definition) is 5. The first-order chi connectivity index (χ1) is 12.6. The van der Waals surface area contributed by atoms with Gasteiger partial charge in [-0.25, -0.2) is 0 Å². The van der Waals surface area contributed by atoms with Gasteiger partial charge in [-0.05, 0) is 30.3 Å². The number of amides is 1. The molecule has 0 spiro atoms. The van der Waals surface area contributed by atoms with Crippen molar-refractivity contribution in [1.29, 1.82) is 0 Å². The zero-order valence-electron chi connectivity index (χ0n) is 14.5. The molecular formula is C19H18N2O4S. The number of aromatic nitrogens is 1. The second-order valence-electron chi connectivity index (χ2n) is 5.48. The number of methoxy groups -OCH3 is 2.